The SMILES string of the molecule is CCc1cc(N2CCC(N3CCCCC3)CC2)ncn1. The Balaban J connectivity index is 1.57. The molecule has 0 bridgehead atoms. The summed E-state index contributed by atoms with van der Waals surface area (Å²) in [4.78, 5) is 13.9. The third kappa shape index (κ3) is 3.11. The molecule has 4 heteroatoms. The van der Waals surface area contributed by atoms with Crippen LogP contribution in [0.25, 0.3) is 0 Å². The van der Waals surface area contributed by atoms with Gasteiger partial charge in [-0.2, -0.15) is 0 Å². The molecule has 0 saturated carbocycles. The van der Waals surface area contributed by atoms with Crippen molar-refractivity contribution < 1.29 is 0 Å². The van der Waals surface area contributed by atoms with E-state index in [2.05, 4.69) is 32.8 Å². The molecule has 2 aliphatic rings. The molecule has 3 heterocycles. The first kappa shape index (κ1) is 13.8. The van der Waals surface area contributed by atoms with Gasteiger partial charge in [-0.1, -0.05) is 13.3 Å². The van der Waals surface area contributed by atoms with Crippen LogP contribution >= 0.6 is 0 Å². The number of hydrogen-bond donors (Lipinski definition) is 0. The Bertz CT molecular complexity index is 420. The molecule has 1 aromatic heterocycles. The molecule has 2 saturated heterocycles. The van der Waals surface area contributed by atoms with E-state index < -0.39 is 0 Å². The molecule has 110 valence electrons. The number of nitrogens with zero attached hydrogens (tertiary/aromatic N) is 4. The van der Waals surface area contributed by atoms with E-state index in [1.165, 1.54) is 45.2 Å². The molecule has 1 aromatic rings. The average Bonchev–Trinajstić information content (AvgIpc) is 2.56. The zero-order valence-electron chi connectivity index (χ0n) is 12.6. The molecule has 0 aliphatic carbocycles. The smallest absolute Gasteiger partial charge is 0.132 e. The fourth-order valence-electron chi connectivity index (χ4n) is 3.50. The van der Waals surface area contributed by atoms with Crippen molar-refractivity contribution >= 4 is 5.82 Å². The van der Waals surface area contributed by atoms with Crippen molar-refractivity contribution in [1.82, 2.24) is 14.9 Å². The normalized spacial score (nSPS) is 22.1. The van der Waals surface area contributed by atoms with E-state index in [1.807, 2.05) is 0 Å². The highest BCUT2D eigenvalue weighted by molar-refractivity contribution is 5.39. The summed E-state index contributed by atoms with van der Waals surface area (Å²) in [7, 11) is 0. The van der Waals surface area contributed by atoms with Gasteiger partial charge in [-0.3, -0.25) is 0 Å². The van der Waals surface area contributed by atoms with Gasteiger partial charge in [0.2, 0.25) is 0 Å². The minimum atomic E-state index is 0.805. The Hall–Kier alpha value is -1.16. The van der Waals surface area contributed by atoms with Crippen molar-refractivity contribution in [1.29, 1.82) is 0 Å². The number of likely N-dealkylation sites (tertiary alicyclic amines) is 1. The highest BCUT2D eigenvalue weighted by Gasteiger charge is 2.26. The second kappa shape index (κ2) is 6.53. The lowest BCUT2D eigenvalue weighted by atomic mass is 10.00. The molecule has 0 amide bonds. The lowest BCUT2D eigenvalue weighted by Gasteiger charge is -2.40. The molecule has 0 radical (unpaired) electrons. The maximum Gasteiger partial charge on any atom is 0.132 e. The third-order valence-electron chi connectivity index (χ3n) is 4.77. The van der Waals surface area contributed by atoms with Crippen LogP contribution in [0.2, 0.25) is 0 Å². The highest BCUT2D eigenvalue weighted by Crippen LogP contribution is 2.23. The second-order valence-corrected chi connectivity index (χ2v) is 6.04. The first-order valence-electron chi connectivity index (χ1n) is 8.16. The summed E-state index contributed by atoms with van der Waals surface area (Å²) in [6.07, 6.45) is 9.48. The van der Waals surface area contributed by atoms with Crippen molar-refractivity contribution in [3.8, 4) is 0 Å². The van der Waals surface area contributed by atoms with Crippen LogP contribution in [0.4, 0.5) is 5.82 Å². The van der Waals surface area contributed by atoms with Gasteiger partial charge in [0, 0.05) is 30.9 Å². The van der Waals surface area contributed by atoms with Crippen LogP contribution in [0.15, 0.2) is 12.4 Å². The summed E-state index contributed by atoms with van der Waals surface area (Å²) in [5.74, 6) is 1.12. The minimum absolute atomic E-state index is 0.805. The van der Waals surface area contributed by atoms with Gasteiger partial charge in [0.1, 0.15) is 12.1 Å². The molecular formula is C16H26N4. The van der Waals surface area contributed by atoms with Crippen LogP contribution in [0.5, 0.6) is 0 Å². The van der Waals surface area contributed by atoms with Gasteiger partial charge in [0.15, 0.2) is 0 Å². The number of aryl methyl sites for hydroxylation is 1. The van der Waals surface area contributed by atoms with Gasteiger partial charge in [0.25, 0.3) is 0 Å². The largest absolute Gasteiger partial charge is 0.356 e. The van der Waals surface area contributed by atoms with E-state index in [9.17, 15) is 0 Å². The van der Waals surface area contributed by atoms with Gasteiger partial charge in [-0.05, 0) is 45.2 Å². The monoisotopic (exact) mass is 274 g/mol. The predicted octanol–water partition coefficient (Wildman–Crippen LogP) is 2.49. The van der Waals surface area contributed by atoms with Crippen LogP contribution in [0, 0.1) is 0 Å². The minimum Gasteiger partial charge on any atom is -0.356 e. The maximum atomic E-state index is 4.45. The van der Waals surface area contributed by atoms with Crippen LogP contribution in [-0.2, 0) is 6.42 Å². The molecule has 2 aliphatic heterocycles. The topological polar surface area (TPSA) is 32.3 Å². The number of aromatic nitrogens is 2. The van der Waals surface area contributed by atoms with E-state index in [0.717, 1.165) is 37.1 Å². The second-order valence-electron chi connectivity index (χ2n) is 6.04. The summed E-state index contributed by atoms with van der Waals surface area (Å²) in [5, 5.41) is 0. The number of piperidine rings is 2. The van der Waals surface area contributed by atoms with Crippen LogP contribution in [-0.4, -0.2) is 47.1 Å². The van der Waals surface area contributed by atoms with Crippen molar-refractivity contribution in [2.24, 2.45) is 0 Å². The molecule has 2 fully saturated rings. The molecular weight excluding hydrogens is 248 g/mol. The van der Waals surface area contributed by atoms with E-state index in [4.69, 9.17) is 0 Å². The lowest BCUT2D eigenvalue weighted by Crippen LogP contribution is -2.47. The Morgan fingerprint density at radius 2 is 1.80 bits per heavy atom. The molecule has 4 nitrogen and oxygen atoms in total. The fraction of sp³-hybridized carbons (Fsp3) is 0.750. The van der Waals surface area contributed by atoms with Crippen molar-refractivity contribution in [3.63, 3.8) is 0 Å². The van der Waals surface area contributed by atoms with Crippen molar-refractivity contribution in [2.45, 2.75) is 51.5 Å². The van der Waals surface area contributed by atoms with E-state index in [0.29, 0.717) is 0 Å². The van der Waals surface area contributed by atoms with Crippen LogP contribution in [0.3, 0.4) is 0 Å². The Kier molecular flexibility index (Phi) is 4.51. The molecule has 0 unspecified atom stereocenters. The van der Waals surface area contributed by atoms with Gasteiger partial charge in [-0.25, -0.2) is 9.97 Å². The zero-order chi connectivity index (χ0) is 13.8. The number of anilines is 1. The summed E-state index contributed by atoms with van der Waals surface area (Å²) in [6.45, 7) is 7.06. The molecule has 0 N–H and O–H groups in total. The standard InChI is InChI=1S/C16H26N4/c1-2-14-12-16(18-13-17-14)20-10-6-15(7-11-20)19-8-4-3-5-9-19/h12-13,15H,2-11H2,1H3. The first-order chi connectivity index (χ1) is 9.86. The van der Waals surface area contributed by atoms with Crippen molar-refractivity contribution in [3.05, 3.63) is 18.1 Å². The quantitative estimate of drug-likeness (QED) is 0.847. The van der Waals surface area contributed by atoms with Crippen LogP contribution < -0.4 is 4.90 Å². The van der Waals surface area contributed by atoms with Gasteiger partial charge >= 0.3 is 0 Å². The Morgan fingerprint density at radius 3 is 2.50 bits per heavy atom. The van der Waals surface area contributed by atoms with Gasteiger partial charge < -0.3 is 9.80 Å². The van der Waals surface area contributed by atoms with Crippen molar-refractivity contribution in [2.75, 3.05) is 31.1 Å². The number of hydrogen-bond acceptors (Lipinski definition) is 4. The van der Waals surface area contributed by atoms with Gasteiger partial charge in [-0.15, -0.1) is 0 Å². The Labute approximate surface area is 122 Å². The molecule has 0 aromatic carbocycles. The van der Waals surface area contributed by atoms with Crippen LogP contribution in [0.1, 0.15) is 44.7 Å². The lowest BCUT2D eigenvalue weighted by molar-refractivity contribution is 0.141. The van der Waals surface area contributed by atoms with E-state index in [-0.39, 0.29) is 0 Å². The first-order valence-corrected chi connectivity index (χ1v) is 8.16. The predicted molar refractivity (Wildman–Crippen MR) is 82.1 cm³/mol. The summed E-state index contributed by atoms with van der Waals surface area (Å²) >= 11 is 0. The van der Waals surface area contributed by atoms with Gasteiger partial charge in [0.05, 0.1) is 0 Å². The summed E-state index contributed by atoms with van der Waals surface area (Å²) < 4.78 is 0. The molecule has 20 heavy (non-hydrogen) atoms. The zero-order valence-corrected chi connectivity index (χ0v) is 12.6. The maximum absolute atomic E-state index is 4.45. The number of rotatable bonds is 3. The fourth-order valence-corrected chi connectivity index (χ4v) is 3.50. The van der Waals surface area contributed by atoms with E-state index >= 15 is 0 Å². The Morgan fingerprint density at radius 1 is 1.05 bits per heavy atom. The highest BCUT2D eigenvalue weighted by atomic mass is 15.2. The average molecular weight is 274 g/mol. The summed E-state index contributed by atoms with van der Waals surface area (Å²) in [6, 6.07) is 2.96. The molecule has 0 spiro atoms. The van der Waals surface area contributed by atoms with E-state index in [1.54, 1.807) is 6.33 Å². The summed E-state index contributed by atoms with van der Waals surface area (Å²) in [5.41, 5.74) is 1.15. The third-order valence-corrected chi connectivity index (χ3v) is 4.77. The molecule has 3 rings (SSSR count). The molecule has 0 atom stereocenters.